The van der Waals surface area contributed by atoms with E-state index >= 15 is 0 Å². The van der Waals surface area contributed by atoms with Crippen molar-refractivity contribution in [3.63, 3.8) is 0 Å². The smallest absolute Gasteiger partial charge is 0.254 e. The molecule has 2 rings (SSSR count). The van der Waals surface area contributed by atoms with E-state index < -0.39 is 11.9 Å². The highest BCUT2D eigenvalue weighted by molar-refractivity contribution is 6.08. The number of hydrogen-bond acceptors (Lipinski definition) is 3. The maximum atomic E-state index is 12.6. The number of benzene rings is 1. The van der Waals surface area contributed by atoms with Crippen molar-refractivity contribution in [3.8, 4) is 0 Å². The zero-order valence-corrected chi connectivity index (χ0v) is 11.9. The number of hydrogen-bond donors (Lipinski definition) is 1. The Hall–Kier alpha value is -2.17. The minimum absolute atomic E-state index is 0.0449. The second kappa shape index (κ2) is 5.45. The van der Waals surface area contributed by atoms with E-state index in [9.17, 15) is 14.4 Å². The molecule has 5 heteroatoms. The molecule has 0 radical (unpaired) electrons. The molecule has 1 fully saturated rings. The third-order valence-corrected chi connectivity index (χ3v) is 3.76. The third-order valence-electron chi connectivity index (χ3n) is 3.76. The van der Waals surface area contributed by atoms with E-state index in [2.05, 4.69) is 5.32 Å². The van der Waals surface area contributed by atoms with Crippen LogP contribution in [0.2, 0.25) is 0 Å². The van der Waals surface area contributed by atoms with E-state index in [0.29, 0.717) is 12.1 Å². The summed E-state index contributed by atoms with van der Waals surface area (Å²) in [6.07, 6.45) is 0.0449. The minimum Gasteiger partial charge on any atom is -0.326 e. The van der Waals surface area contributed by atoms with Crippen LogP contribution in [0.4, 0.5) is 0 Å². The summed E-state index contributed by atoms with van der Waals surface area (Å²) in [5, 5.41) is 2.24. The van der Waals surface area contributed by atoms with Gasteiger partial charge in [-0.2, -0.15) is 0 Å². The van der Waals surface area contributed by atoms with Crippen LogP contribution in [0.15, 0.2) is 18.2 Å². The molecule has 1 aliphatic heterocycles. The summed E-state index contributed by atoms with van der Waals surface area (Å²) < 4.78 is 0. The number of nitrogens with one attached hydrogen (secondary N) is 1. The molecule has 1 aromatic rings. The van der Waals surface area contributed by atoms with E-state index in [1.54, 1.807) is 13.0 Å². The quantitative estimate of drug-likeness (QED) is 0.842. The first-order chi connectivity index (χ1) is 9.45. The minimum atomic E-state index is -0.695. The highest BCUT2D eigenvalue weighted by Gasteiger charge is 2.37. The molecule has 1 aliphatic rings. The second-order valence-corrected chi connectivity index (χ2v) is 4.97. The van der Waals surface area contributed by atoms with E-state index in [1.165, 1.54) is 4.90 Å². The van der Waals surface area contributed by atoms with Crippen molar-refractivity contribution in [2.45, 2.75) is 33.2 Å². The van der Waals surface area contributed by atoms with Crippen molar-refractivity contribution in [2.24, 2.45) is 0 Å². The van der Waals surface area contributed by atoms with Gasteiger partial charge in [-0.15, -0.1) is 0 Å². The van der Waals surface area contributed by atoms with Crippen molar-refractivity contribution >= 4 is 17.7 Å². The first kappa shape index (κ1) is 14.2. The second-order valence-electron chi connectivity index (χ2n) is 4.97. The monoisotopic (exact) mass is 274 g/mol. The van der Waals surface area contributed by atoms with E-state index in [1.807, 2.05) is 26.0 Å². The number of aryl methyl sites for hydroxylation is 1. The molecule has 1 N–H and O–H groups in total. The Morgan fingerprint density at radius 1 is 1.35 bits per heavy atom. The summed E-state index contributed by atoms with van der Waals surface area (Å²) in [5.74, 6) is -0.925. The Morgan fingerprint density at radius 3 is 2.60 bits per heavy atom. The SMILES string of the molecule is CCN(C(=O)c1cccc(C)c1C)[C@@H]1CC(=O)NC1=O. The lowest BCUT2D eigenvalue weighted by Crippen LogP contribution is -2.44. The fourth-order valence-electron chi connectivity index (χ4n) is 2.43. The molecule has 1 heterocycles. The van der Waals surface area contributed by atoms with Gasteiger partial charge in [0.25, 0.3) is 5.91 Å². The fraction of sp³-hybridized carbons (Fsp3) is 0.400. The van der Waals surface area contributed by atoms with Gasteiger partial charge < -0.3 is 4.90 Å². The molecule has 0 aliphatic carbocycles. The maximum absolute atomic E-state index is 12.6. The number of carbonyl (C=O) groups is 3. The standard InChI is InChI=1S/C15H18N2O3/c1-4-17(12-8-13(18)16-14(12)19)15(20)11-7-5-6-9(2)10(11)3/h5-7,12H,4,8H2,1-3H3,(H,16,18,19)/t12-/m1/s1. The Balaban J connectivity index is 2.32. The number of carbonyl (C=O) groups excluding carboxylic acids is 3. The molecule has 106 valence electrons. The normalized spacial score (nSPS) is 18.1. The fourth-order valence-corrected chi connectivity index (χ4v) is 2.43. The summed E-state index contributed by atoms with van der Waals surface area (Å²) >= 11 is 0. The number of likely N-dealkylation sites (N-methyl/N-ethyl adjacent to an activating group) is 1. The lowest BCUT2D eigenvalue weighted by Gasteiger charge is -2.26. The summed E-state index contributed by atoms with van der Waals surface area (Å²) in [6, 6.07) is 4.82. The Morgan fingerprint density at radius 2 is 2.05 bits per heavy atom. The van der Waals surface area contributed by atoms with Crippen LogP contribution in [-0.2, 0) is 9.59 Å². The average Bonchev–Trinajstić information content (AvgIpc) is 2.73. The lowest BCUT2D eigenvalue weighted by molar-refractivity contribution is -0.126. The molecular weight excluding hydrogens is 256 g/mol. The molecule has 1 aromatic carbocycles. The van der Waals surface area contributed by atoms with Crippen molar-refractivity contribution < 1.29 is 14.4 Å². The van der Waals surface area contributed by atoms with Crippen molar-refractivity contribution in [3.05, 3.63) is 34.9 Å². The first-order valence-corrected chi connectivity index (χ1v) is 6.66. The van der Waals surface area contributed by atoms with Gasteiger partial charge in [0.2, 0.25) is 11.8 Å². The summed E-state index contributed by atoms with van der Waals surface area (Å²) in [4.78, 5) is 37.1. The molecule has 0 saturated carbocycles. The topological polar surface area (TPSA) is 66.5 Å². The molecule has 0 aromatic heterocycles. The molecule has 1 atom stereocenters. The van der Waals surface area contributed by atoms with Gasteiger partial charge >= 0.3 is 0 Å². The zero-order chi connectivity index (χ0) is 14.9. The molecule has 5 nitrogen and oxygen atoms in total. The third kappa shape index (κ3) is 2.43. The van der Waals surface area contributed by atoms with Gasteiger partial charge in [0, 0.05) is 12.1 Å². The van der Waals surface area contributed by atoms with Crippen LogP contribution in [0.5, 0.6) is 0 Å². The van der Waals surface area contributed by atoms with E-state index in [-0.39, 0.29) is 18.2 Å². The maximum Gasteiger partial charge on any atom is 0.254 e. The van der Waals surface area contributed by atoms with Crippen molar-refractivity contribution in [1.29, 1.82) is 0 Å². The molecule has 0 spiro atoms. The largest absolute Gasteiger partial charge is 0.326 e. The first-order valence-electron chi connectivity index (χ1n) is 6.66. The number of rotatable bonds is 3. The van der Waals surface area contributed by atoms with Gasteiger partial charge in [-0.1, -0.05) is 12.1 Å². The molecule has 0 bridgehead atoms. The Bertz CT molecular complexity index is 580. The van der Waals surface area contributed by atoms with Gasteiger partial charge in [-0.25, -0.2) is 0 Å². The zero-order valence-electron chi connectivity index (χ0n) is 11.9. The van der Waals surface area contributed by atoms with Crippen LogP contribution in [0.1, 0.15) is 34.8 Å². The van der Waals surface area contributed by atoms with E-state index in [4.69, 9.17) is 0 Å². The van der Waals surface area contributed by atoms with Crippen LogP contribution in [0.25, 0.3) is 0 Å². The van der Waals surface area contributed by atoms with Crippen molar-refractivity contribution in [1.82, 2.24) is 10.2 Å². The Kier molecular flexibility index (Phi) is 3.88. The van der Waals surface area contributed by atoms with Crippen LogP contribution in [0.3, 0.4) is 0 Å². The number of nitrogens with zero attached hydrogens (tertiary/aromatic N) is 1. The molecule has 3 amide bonds. The highest BCUT2D eigenvalue weighted by atomic mass is 16.2. The lowest BCUT2D eigenvalue weighted by atomic mass is 10.0. The Labute approximate surface area is 118 Å². The predicted octanol–water partition coefficient (Wildman–Crippen LogP) is 1.18. The summed E-state index contributed by atoms with van der Waals surface area (Å²) in [5.41, 5.74) is 2.51. The molecule has 0 unspecified atom stereocenters. The van der Waals surface area contributed by atoms with Gasteiger partial charge in [-0.3, -0.25) is 19.7 Å². The van der Waals surface area contributed by atoms with Crippen LogP contribution < -0.4 is 5.32 Å². The number of imide groups is 1. The van der Waals surface area contributed by atoms with Crippen LogP contribution >= 0.6 is 0 Å². The average molecular weight is 274 g/mol. The van der Waals surface area contributed by atoms with Gasteiger partial charge in [0.15, 0.2) is 0 Å². The predicted molar refractivity (Wildman–Crippen MR) is 74.2 cm³/mol. The summed E-state index contributed by atoms with van der Waals surface area (Å²) in [6.45, 7) is 6.02. The molecule has 20 heavy (non-hydrogen) atoms. The molecule has 1 saturated heterocycles. The summed E-state index contributed by atoms with van der Waals surface area (Å²) in [7, 11) is 0. The van der Waals surface area contributed by atoms with Gasteiger partial charge in [0.05, 0.1) is 6.42 Å². The van der Waals surface area contributed by atoms with Crippen molar-refractivity contribution in [2.75, 3.05) is 6.54 Å². The number of amides is 3. The highest BCUT2D eigenvalue weighted by Crippen LogP contribution is 2.19. The van der Waals surface area contributed by atoms with E-state index in [0.717, 1.165) is 11.1 Å². The van der Waals surface area contributed by atoms with Gasteiger partial charge in [0.1, 0.15) is 6.04 Å². The van der Waals surface area contributed by atoms with Crippen LogP contribution in [0, 0.1) is 13.8 Å². The molecular formula is C15H18N2O3. The van der Waals surface area contributed by atoms with Crippen LogP contribution in [-0.4, -0.2) is 35.2 Å². The van der Waals surface area contributed by atoms with Gasteiger partial charge in [-0.05, 0) is 38.0 Å².